The molecule has 9 heteroatoms. The third-order valence-corrected chi connectivity index (χ3v) is 6.76. The van der Waals surface area contributed by atoms with Crippen LogP contribution in [-0.2, 0) is 23.2 Å². The minimum atomic E-state index is -3.59. The highest BCUT2D eigenvalue weighted by atomic mass is 32.2. The topological polar surface area (TPSA) is 76.8 Å². The summed E-state index contributed by atoms with van der Waals surface area (Å²) in [4.78, 5) is 15.1. The zero-order valence-corrected chi connectivity index (χ0v) is 18.6. The van der Waals surface area contributed by atoms with Crippen molar-refractivity contribution in [2.24, 2.45) is 0 Å². The molecule has 162 valence electrons. The number of rotatable bonds is 9. The molecule has 3 rings (SSSR count). The van der Waals surface area contributed by atoms with Crippen LogP contribution in [0.4, 0.5) is 0 Å². The monoisotopic (exact) mass is 432 g/mol. The lowest BCUT2D eigenvalue weighted by Gasteiger charge is -2.18. The number of para-hydroxylation sites is 1. The summed E-state index contributed by atoms with van der Waals surface area (Å²) in [5.41, 5.74) is 1.15. The van der Waals surface area contributed by atoms with Crippen molar-refractivity contribution < 1.29 is 13.2 Å². The molecule has 0 saturated carbocycles. The maximum Gasteiger partial charge on any atom is 0.330 e. The Morgan fingerprint density at radius 1 is 0.967 bits per heavy atom. The predicted molar refractivity (Wildman–Crippen MR) is 117 cm³/mol. The maximum absolute atomic E-state index is 13.0. The van der Waals surface area contributed by atoms with Crippen LogP contribution in [0.15, 0.2) is 58.2 Å². The highest BCUT2D eigenvalue weighted by molar-refractivity contribution is 7.89. The number of aromatic nitrogens is 2. The number of likely N-dealkylation sites (N-methyl/N-ethyl adjacent to an activating group) is 1. The van der Waals surface area contributed by atoms with Crippen molar-refractivity contribution in [1.29, 1.82) is 0 Å². The van der Waals surface area contributed by atoms with Gasteiger partial charge in [0.1, 0.15) is 12.4 Å². The fourth-order valence-corrected chi connectivity index (χ4v) is 4.18. The minimum Gasteiger partial charge on any atom is -0.492 e. The van der Waals surface area contributed by atoms with Crippen molar-refractivity contribution in [3.8, 4) is 5.75 Å². The quantitative estimate of drug-likeness (QED) is 0.517. The number of benzene rings is 2. The van der Waals surface area contributed by atoms with Gasteiger partial charge in [-0.05, 0) is 44.3 Å². The number of imidazole rings is 1. The molecule has 1 aromatic heterocycles. The van der Waals surface area contributed by atoms with Gasteiger partial charge in [-0.3, -0.25) is 14.0 Å². The fourth-order valence-electron chi connectivity index (χ4n) is 3.26. The number of aryl methyl sites for hydroxylation is 1. The summed E-state index contributed by atoms with van der Waals surface area (Å²) >= 11 is 0. The molecule has 0 spiro atoms. The molecule has 0 fully saturated rings. The Kier molecular flexibility index (Phi) is 6.64. The molecule has 2 aromatic carbocycles. The van der Waals surface area contributed by atoms with E-state index in [4.69, 9.17) is 4.74 Å². The summed E-state index contributed by atoms with van der Waals surface area (Å²) < 4.78 is 35.3. The van der Waals surface area contributed by atoms with Gasteiger partial charge in [0.25, 0.3) is 0 Å². The van der Waals surface area contributed by atoms with Gasteiger partial charge < -0.3 is 4.74 Å². The molecule has 30 heavy (non-hydrogen) atoms. The molecule has 8 nitrogen and oxygen atoms in total. The van der Waals surface area contributed by atoms with Crippen LogP contribution in [0.2, 0.25) is 0 Å². The molecule has 1 heterocycles. The lowest BCUT2D eigenvalue weighted by molar-refractivity contribution is 0.206. The highest BCUT2D eigenvalue weighted by Gasteiger charge is 2.21. The maximum atomic E-state index is 13.0. The second kappa shape index (κ2) is 9.03. The van der Waals surface area contributed by atoms with E-state index in [1.54, 1.807) is 27.3 Å². The molecule has 0 N–H and O–H groups in total. The first-order chi connectivity index (χ1) is 14.3. The van der Waals surface area contributed by atoms with Crippen molar-refractivity contribution in [1.82, 2.24) is 18.3 Å². The van der Waals surface area contributed by atoms with Crippen LogP contribution in [-0.4, -0.2) is 61.1 Å². The zero-order chi connectivity index (χ0) is 21.9. The Balaban J connectivity index is 1.86. The average Bonchev–Trinajstić information content (AvgIpc) is 2.99. The third-order valence-electron chi connectivity index (χ3n) is 4.95. The smallest absolute Gasteiger partial charge is 0.330 e. The van der Waals surface area contributed by atoms with Crippen molar-refractivity contribution in [2.75, 3.05) is 34.3 Å². The summed E-state index contributed by atoms with van der Waals surface area (Å²) in [6.07, 6.45) is 0. The van der Waals surface area contributed by atoms with Gasteiger partial charge in [0, 0.05) is 27.2 Å². The fraction of sp³-hybridized carbons (Fsp3) is 0.381. The van der Waals surface area contributed by atoms with Crippen LogP contribution in [0.5, 0.6) is 5.75 Å². The molecule has 0 saturated heterocycles. The van der Waals surface area contributed by atoms with E-state index in [1.165, 1.54) is 18.4 Å². The van der Waals surface area contributed by atoms with Crippen molar-refractivity contribution in [2.45, 2.75) is 25.0 Å². The summed E-state index contributed by atoms with van der Waals surface area (Å²) in [6.45, 7) is 3.81. The van der Waals surface area contributed by atoms with Crippen molar-refractivity contribution in [3.63, 3.8) is 0 Å². The molecular weight excluding hydrogens is 404 g/mol. The lowest BCUT2D eigenvalue weighted by atomic mass is 10.3. The number of fused-ring (bicyclic) bond motifs is 1. The van der Waals surface area contributed by atoms with Crippen LogP contribution < -0.4 is 10.4 Å². The Labute approximate surface area is 176 Å². The summed E-state index contributed by atoms with van der Waals surface area (Å²) in [6, 6.07) is 14.4. The van der Waals surface area contributed by atoms with Gasteiger partial charge in [0.05, 0.1) is 22.6 Å². The number of sulfonamides is 1. The van der Waals surface area contributed by atoms with E-state index in [2.05, 4.69) is 0 Å². The molecular formula is C21H28N4O4S. The van der Waals surface area contributed by atoms with E-state index in [0.29, 0.717) is 37.4 Å². The molecule has 3 aromatic rings. The first-order valence-corrected chi connectivity index (χ1v) is 11.2. The largest absolute Gasteiger partial charge is 0.492 e. The zero-order valence-electron chi connectivity index (χ0n) is 17.8. The molecule has 0 bridgehead atoms. The molecule has 0 amide bonds. The molecule has 0 radical (unpaired) electrons. The predicted octanol–water partition coefficient (Wildman–Crippen LogP) is 2.04. The van der Waals surface area contributed by atoms with Crippen LogP contribution in [0.1, 0.15) is 6.92 Å². The molecule has 0 aliphatic carbocycles. The van der Waals surface area contributed by atoms with Crippen molar-refractivity contribution in [3.05, 3.63) is 59.0 Å². The number of nitrogens with zero attached hydrogens (tertiary/aromatic N) is 4. The van der Waals surface area contributed by atoms with Gasteiger partial charge >= 0.3 is 5.69 Å². The Bertz CT molecular complexity index is 1170. The van der Waals surface area contributed by atoms with Gasteiger partial charge in [-0.1, -0.05) is 18.2 Å². The third kappa shape index (κ3) is 4.43. The number of ether oxygens (including phenoxy) is 1. The standard InChI is InChI=1S/C21H28N4O4S/c1-5-24-19-12-11-18(30(27,28)22(2)3)15-20(19)25(21(24)26)16-23(4)13-14-29-17-9-7-6-8-10-17/h6-12,15H,5,13-14,16H2,1-4H3. The SMILES string of the molecule is CCn1c(=O)n(CN(C)CCOc2ccccc2)c2cc(S(=O)(=O)N(C)C)ccc21. The van der Waals surface area contributed by atoms with Gasteiger partial charge in [-0.2, -0.15) is 0 Å². The first kappa shape index (κ1) is 22.1. The second-order valence-corrected chi connectivity index (χ2v) is 9.43. The number of hydrogen-bond donors (Lipinski definition) is 0. The van der Waals surface area contributed by atoms with E-state index in [0.717, 1.165) is 5.75 Å². The van der Waals surface area contributed by atoms with Crippen LogP contribution in [0, 0.1) is 0 Å². The van der Waals surface area contributed by atoms with Gasteiger partial charge in [0.15, 0.2) is 0 Å². The normalized spacial score (nSPS) is 12.2. The summed E-state index contributed by atoms with van der Waals surface area (Å²) in [7, 11) is 1.29. The molecule has 0 atom stereocenters. The Hall–Kier alpha value is -2.62. The van der Waals surface area contributed by atoms with E-state index in [9.17, 15) is 13.2 Å². The summed E-state index contributed by atoms with van der Waals surface area (Å²) in [5.74, 6) is 0.796. The Morgan fingerprint density at radius 2 is 1.67 bits per heavy atom. The van der Waals surface area contributed by atoms with Crippen molar-refractivity contribution >= 4 is 21.1 Å². The van der Waals surface area contributed by atoms with Crippen LogP contribution in [0.25, 0.3) is 11.0 Å². The first-order valence-electron chi connectivity index (χ1n) is 9.77. The lowest BCUT2D eigenvalue weighted by Crippen LogP contribution is -2.33. The molecule has 0 aliphatic rings. The van der Waals surface area contributed by atoms with Gasteiger partial charge in [-0.25, -0.2) is 17.5 Å². The Morgan fingerprint density at radius 3 is 2.30 bits per heavy atom. The van der Waals surface area contributed by atoms with E-state index >= 15 is 0 Å². The van der Waals surface area contributed by atoms with E-state index < -0.39 is 10.0 Å². The van der Waals surface area contributed by atoms with Crippen LogP contribution >= 0.6 is 0 Å². The minimum absolute atomic E-state index is 0.164. The molecule has 0 unspecified atom stereocenters. The number of hydrogen-bond acceptors (Lipinski definition) is 5. The average molecular weight is 433 g/mol. The van der Waals surface area contributed by atoms with E-state index in [-0.39, 0.29) is 10.6 Å². The van der Waals surface area contributed by atoms with Gasteiger partial charge in [0.2, 0.25) is 10.0 Å². The second-order valence-electron chi connectivity index (χ2n) is 7.28. The highest BCUT2D eigenvalue weighted by Crippen LogP contribution is 2.21. The summed E-state index contributed by atoms with van der Waals surface area (Å²) in [5, 5.41) is 0. The van der Waals surface area contributed by atoms with Gasteiger partial charge in [-0.15, -0.1) is 0 Å². The molecule has 0 aliphatic heterocycles. The van der Waals surface area contributed by atoms with Crippen LogP contribution in [0.3, 0.4) is 0 Å². The van der Waals surface area contributed by atoms with E-state index in [1.807, 2.05) is 49.2 Å².